The Bertz CT molecular complexity index is 1790. The summed E-state index contributed by atoms with van der Waals surface area (Å²) in [6.45, 7) is 4.68. The molecule has 1 saturated heterocycles. The number of hydrogen-bond donors (Lipinski definition) is 9. The van der Waals surface area contributed by atoms with E-state index in [9.17, 15) is 58.2 Å². The first-order chi connectivity index (χ1) is 38.5. The second-order valence-corrected chi connectivity index (χ2v) is 20.1. The van der Waals surface area contributed by atoms with Gasteiger partial charge in [0.25, 0.3) is 0 Å². The van der Waals surface area contributed by atoms with Gasteiger partial charge in [-0.2, -0.15) is 0 Å². The minimum atomic E-state index is -1.27. The van der Waals surface area contributed by atoms with E-state index >= 15 is 0 Å². The summed E-state index contributed by atoms with van der Waals surface area (Å²) < 4.78 is 21.4. The van der Waals surface area contributed by atoms with E-state index in [0.717, 1.165) is 19.3 Å². The number of amides is 7. The Kier molecular flexibility index (Phi) is 43.7. The van der Waals surface area contributed by atoms with Crippen LogP contribution in [0.4, 0.5) is 0 Å². The van der Waals surface area contributed by atoms with Gasteiger partial charge in [0.05, 0.1) is 39.6 Å². The van der Waals surface area contributed by atoms with Crippen LogP contribution in [0.15, 0.2) is 0 Å². The number of nitrogens with two attached hydrogens (primary N) is 1. The maximum absolute atomic E-state index is 12.7. The van der Waals surface area contributed by atoms with Gasteiger partial charge in [-0.25, -0.2) is 9.59 Å². The molecule has 0 aromatic rings. The minimum absolute atomic E-state index is 0.00331. The van der Waals surface area contributed by atoms with Crippen molar-refractivity contribution >= 4 is 59.3 Å². The lowest BCUT2D eigenvalue weighted by molar-refractivity contribution is -0.143. The molecular weight excluding hydrogens is 1040 g/mol. The van der Waals surface area contributed by atoms with Crippen molar-refractivity contribution in [3.63, 3.8) is 0 Å². The molecule has 80 heavy (non-hydrogen) atoms. The van der Waals surface area contributed by atoms with E-state index in [4.69, 9.17) is 29.8 Å². The van der Waals surface area contributed by atoms with Gasteiger partial charge in [0.1, 0.15) is 31.3 Å². The molecule has 25 heteroatoms. The lowest BCUT2D eigenvalue weighted by Crippen LogP contribution is -2.51. The number of carbonyl (C=O) groups is 10. The summed E-state index contributed by atoms with van der Waals surface area (Å²) in [5.41, 5.74) is 5.46. The largest absolute Gasteiger partial charge is 0.480 e. The van der Waals surface area contributed by atoms with E-state index in [1.165, 1.54) is 80.4 Å². The van der Waals surface area contributed by atoms with E-state index in [1.54, 1.807) is 0 Å². The topological polar surface area (TPSA) is 361 Å². The quantitative estimate of drug-likeness (QED) is 0.0395. The third kappa shape index (κ3) is 40.6. The van der Waals surface area contributed by atoms with E-state index in [2.05, 4.69) is 33.5 Å². The molecule has 0 aliphatic carbocycles. The summed E-state index contributed by atoms with van der Waals surface area (Å²) in [6.07, 6.45) is 19.9. The summed E-state index contributed by atoms with van der Waals surface area (Å²) in [5.74, 6) is -6.03. The number of hydrogen-bond acceptors (Lipinski definition) is 15. The summed E-state index contributed by atoms with van der Waals surface area (Å²) in [4.78, 5) is 124. The third-order valence-corrected chi connectivity index (χ3v) is 13.3. The number of carboxylic acid groups (broad SMARTS) is 3. The van der Waals surface area contributed by atoms with Crippen LogP contribution in [-0.4, -0.2) is 201 Å². The number of unbranched alkanes of at least 4 members (excludes halogenated alkanes) is 16. The molecule has 1 aliphatic rings. The number of carboxylic acids is 3. The molecule has 460 valence electrons. The average molecular weight is 1140 g/mol. The van der Waals surface area contributed by atoms with Crippen molar-refractivity contribution in [1.82, 2.24) is 36.4 Å². The van der Waals surface area contributed by atoms with Gasteiger partial charge in [-0.15, -0.1) is 0 Å². The van der Waals surface area contributed by atoms with Crippen molar-refractivity contribution in [2.75, 3.05) is 98.7 Å². The van der Waals surface area contributed by atoms with Crippen LogP contribution in [0, 0.1) is 0 Å². The predicted octanol–water partition coefficient (Wildman–Crippen LogP) is 2.79. The van der Waals surface area contributed by atoms with Crippen LogP contribution >= 0.6 is 0 Å². The molecule has 10 N–H and O–H groups in total. The number of aliphatic carboxylic acids is 3. The molecule has 0 aromatic heterocycles. The Labute approximate surface area is 473 Å². The Balaban J connectivity index is 1.97. The van der Waals surface area contributed by atoms with Gasteiger partial charge in [0.15, 0.2) is 0 Å². The third-order valence-electron chi connectivity index (χ3n) is 13.3. The average Bonchev–Trinajstić information content (AvgIpc) is 3.44. The lowest BCUT2D eigenvalue weighted by Gasteiger charge is -2.35. The summed E-state index contributed by atoms with van der Waals surface area (Å²) >= 11 is 0. The normalized spacial score (nSPS) is 13.4. The van der Waals surface area contributed by atoms with Crippen molar-refractivity contribution in [2.45, 2.75) is 192 Å². The Morgan fingerprint density at radius 2 is 0.762 bits per heavy atom. The van der Waals surface area contributed by atoms with E-state index in [1.807, 2.05) is 0 Å². The molecular formula is C55H98N8O17. The molecule has 0 radical (unpaired) electrons. The number of ether oxygens (including phenoxy) is 4. The molecule has 0 spiro atoms. The highest BCUT2D eigenvalue weighted by molar-refractivity contribution is 5.85. The van der Waals surface area contributed by atoms with Crippen molar-refractivity contribution in [1.29, 1.82) is 0 Å². The highest BCUT2D eigenvalue weighted by atomic mass is 16.5. The van der Waals surface area contributed by atoms with Crippen LogP contribution in [0.1, 0.15) is 174 Å². The molecule has 1 rings (SSSR count). The number of rotatable bonds is 52. The fourth-order valence-electron chi connectivity index (χ4n) is 8.47. The number of nitrogens with zero attached hydrogens (tertiary/aromatic N) is 2. The highest BCUT2D eigenvalue weighted by Crippen LogP contribution is 2.15. The Morgan fingerprint density at radius 3 is 1.19 bits per heavy atom. The SMILES string of the molecule is CCCCCCCCCCCCCCCCCC(=O)NC(CCC(=O)NCCOCCOCC(=O)NCCOCCOCC(=O)NCCCCCC(=O)NC(CCC(=O)N1CCN(C(=O)CCC(N)C(=O)O)CC1)C(=O)O)C(=O)O. The molecule has 7 amide bonds. The van der Waals surface area contributed by atoms with Gasteiger partial charge in [0, 0.05) is 77.9 Å². The predicted molar refractivity (Wildman–Crippen MR) is 296 cm³/mol. The molecule has 3 unspecified atom stereocenters. The zero-order valence-corrected chi connectivity index (χ0v) is 47.8. The number of nitrogens with one attached hydrogen (secondary N) is 5. The molecule has 1 heterocycles. The minimum Gasteiger partial charge on any atom is -0.480 e. The van der Waals surface area contributed by atoms with Crippen LogP contribution in [0.2, 0.25) is 0 Å². The Morgan fingerprint density at radius 1 is 0.400 bits per heavy atom. The molecule has 1 aliphatic heterocycles. The van der Waals surface area contributed by atoms with Gasteiger partial charge >= 0.3 is 17.9 Å². The van der Waals surface area contributed by atoms with Gasteiger partial charge in [-0.3, -0.25) is 38.4 Å². The van der Waals surface area contributed by atoms with E-state index in [-0.39, 0.29) is 179 Å². The number of carbonyl (C=O) groups excluding carboxylic acids is 7. The van der Waals surface area contributed by atoms with E-state index < -0.39 is 41.9 Å². The highest BCUT2D eigenvalue weighted by Gasteiger charge is 2.27. The van der Waals surface area contributed by atoms with Crippen molar-refractivity contribution in [3.8, 4) is 0 Å². The molecule has 3 atom stereocenters. The van der Waals surface area contributed by atoms with E-state index in [0.29, 0.717) is 32.2 Å². The zero-order chi connectivity index (χ0) is 59.0. The molecule has 25 nitrogen and oxygen atoms in total. The summed E-state index contributed by atoms with van der Waals surface area (Å²) in [5, 5.41) is 41.1. The number of piperazine rings is 1. The summed E-state index contributed by atoms with van der Waals surface area (Å²) in [7, 11) is 0. The monoisotopic (exact) mass is 1140 g/mol. The Hall–Kier alpha value is -5.50. The molecule has 0 saturated carbocycles. The van der Waals surface area contributed by atoms with Gasteiger partial charge in [-0.05, 0) is 38.5 Å². The maximum atomic E-state index is 12.7. The maximum Gasteiger partial charge on any atom is 0.326 e. The smallest absolute Gasteiger partial charge is 0.326 e. The van der Waals surface area contributed by atoms with Crippen LogP contribution < -0.4 is 32.3 Å². The van der Waals surface area contributed by atoms with Gasteiger partial charge < -0.3 is 76.4 Å². The second-order valence-electron chi connectivity index (χ2n) is 20.1. The second kappa shape index (κ2) is 48.2. The van der Waals surface area contributed by atoms with Crippen LogP contribution in [0.3, 0.4) is 0 Å². The van der Waals surface area contributed by atoms with Crippen LogP contribution in [0.5, 0.6) is 0 Å². The zero-order valence-electron chi connectivity index (χ0n) is 47.8. The van der Waals surface area contributed by atoms with Crippen LogP contribution in [-0.2, 0) is 66.9 Å². The van der Waals surface area contributed by atoms with Crippen molar-refractivity contribution in [2.24, 2.45) is 5.73 Å². The van der Waals surface area contributed by atoms with Gasteiger partial charge in [0.2, 0.25) is 41.4 Å². The lowest BCUT2D eigenvalue weighted by atomic mass is 10.0. The first kappa shape index (κ1) is 72.5. The molecule has 0 aromatic carbocycles. The molecule has 1 fully saturated rings. The fraction of sp³-hybridized carbons (Fsp3) is 0.818. The van der Waals surface area contributed by atoms with Crippen molar-refractivity contribution in [3.05, 3.63) is 0 Å². The standard InChI is InChI=1S/C55H98N8O17/c1-2-3-4-5-6-7-8-9-10-11-12-13-14-15-17-20-47(65)60-44(54(73)74)23-25-46(64)58-29-35-77-37-40-80-42-50(68)59-30-36-78-38-39-79-41-49(67)57-28-19-16-18-21-48(66)61-45(55(75)76)24-27-52(70)63-33-31-62(32-34-63)51(69)26-22-43(56)53(71)72/h43-45H,2-42,56H2,1H3,(H,57,67)(H,58,64)(H,59,68)(H,60,65)(H,61,66)(H,71,72)(H,73,74)(H,75,76). The first-order valence-electron chi connectivity index (χ1n) is 29.2. The van der Waals surface area contributed by atoms with Gasteiger partial charge in [-0.1, -0.05) is 103 Å². The van der Waals surface area contributed by atoms with Crippen molar-refractivity contribution < 1.29 is 82.2 Å². The van der Waals surface area contributed by atoms with Crippen LogP contribution in [0.25, 0.3) is 0 Å². The molecule has 0 bridgehead atoms. The fourth-order valence-corrected chi connectivity index (χ4v) is 8.47. The first-order valence-corrected chi connectivity index (χ1v) is 29.2. The summed E-state index contributed by atoms with van der Waals surface area (Å²) in [6, 6.07) is -3.53.